The highest BCUT2D eigenvalue weighted by molar-refractivity contribution is 5.76. The first-order chi connectivity index (χ1) is 8.18. The fraction of sp³-hybridized carbons (Fsp3) is 0.417. The van der Waals surface area contributed by atoms with Gasteiger partial charge in [0.1, 0.15) is 12.4 Å². The van der Waals surface area contributed by atoms with Gasteiger partial charge in [0.2, 0.25) is 0 Å². The zero-order valence-corrected chi connectivity index (χ0v) is 10.1. The minimum absolute atomic E-state index is 0.237. The third-order valence-corrected chi connectivity index (χ3v) is 2.57. The van der Waals surface area contributed by atoms with Gasteiger partial charge in [0.15, 0.2) is 0 Å². The molecular weight excluding hydrogens is 243 g/mol. The lowest BCUT2D eigenvalue weighted by molar-refractivity contribution is -0.140. The van der Waals surface area contributed by atoms with Gasteiger partial charge in [0, 0.05) is 0 Å². The summed E-state index contributed by atoms with van der Waals surface area (Å²) in [6.45, 7) is 2.20. The summed E-state index contributed by atoms with van der Waals surface area (Å²) in [5.41, 5.74) is 5.93. The molecule has 0 spiro atoms. The average Bonchev–Trinajstić information content (AvgIpc) is 2.55. The predicted molar refractivity (Wildman–Crippen MR) is 63.0 cm³/mol. The third-order valence-electron chi connectivity index (χ3n) is 2.57. The SMILES string of the molecule is CC(C)(N)c1nc2ccccc2n1CC(F)(F)F. The molecule has 2 aromatic rings. The van der Waals surface area contributed by atoms with Crippen LogP contribution in [0.5, 0.6) is 0 Å². The summed E-state index contributed by atoms with van der Waals surface area (Å²) >= 11 is 0. The van der Waals surface area contributed by atoms with Gasteiger partial charge in [-0.1, -0.05) is 12.1 Å². The number of halogens is 3. The van der Waals surface area contributed by atoms with Gasteiger partial charge in [-0.15, -0.1) is 0 Å². The second-order valence-corrected chi connectivity index (χ2v) is 4.85. The topological polar surface area (TPSA) is 43.8 Å². The van der Waals surface area contributed by atoms with Crippen molar-refractivity contribution in [1.82, 2.24) is 9.55 Å². The second-order valence-electron chi connectivity index (χ2n) is 4.85. The number of rotatable bonds is 2. The summed E-state index contributed by atoms with van der Waals surface area (Å²) < 4.78 is 39.0. The van der Waals surface area contributed by atoms with Crippen LogP contribution >= 0.6 is 0 Å². The zero-order chi connectivity index (χ0) is 13.6. The molecule has 1 aromatic carbocycles. The lowest BCUT2D eigenvalue weighted by Crippen LogP contribution is -2.34. The molecule has 3 nitrogen and oxygen atoms in total. The molecule has 98 valence electrons. The quantitative estimate of drug-likeness (QED) is 0.899. The van der Waals surface area contributed by atoms with Crippen molar-refractivity contribution in [3.63, 3.8) is 0 Å². The van der Waals surface area contributed by atoms with Crippen molar-refractivity contribution in [2.75, 3.05) is 0 Å². The Morgan fingerprint density at radius 3 is 2.39 bits per heavy atom. The van der Waals surface area contributed by atoms with E-state index in [1.54, 1.807) is 38.1 Å². The number of alkyl halides is 3. The first-order valence-electron chi connectivity index (χ1n) is 5.50. The number of hydrogen-bond acceptors (Lipinski definition) is 2. The summed E-state index contributed by atoms with van der Waals surface area (Å²) in [5, 5.41) is 0. The fourth-order valence-electron chi connectivity index (χ4n) is 1.91. The Morgan fingerprint density at radius 2 is 1.83 bits per heavy atom. The number of nitrogens with two attached hydrogens (primary N) is 1. The maximum absolute atomic E-state index is 12.6. The van der Waals surface area contributed by atoms with Gasteiger partial charge in [-0.25, -0.2) is 4.98 Å². The van der Waals surface area contributed by atoms with E-state index in [0.29, 0.717) is 11.0 Å². The van der Waals surface area contributed by atoms with Gasteiger partial charge in [0.25, 0.3) is 0 Å². The van der Waals surface area contributed by atoms with E-state index >= 15 is 0 Å². The number of para-hydroxylation sites is 2. The Hall–Kier alpha value is -1.56. The zero-order valence-electron chi connectivity index (χ0n) is 10.1. The minimum Gasteiger partial charge on any atom is -0.319 e. The number of imidazole rings is 1. The molecule has 6 heteroatoms. The molecule has 2 N–H and O–H groups in total. The molecule has 0 amide bonds. The van der Waals surface area contributed by atoms with Crippen LogP contribution in [-0.2, 0) is 12.1 Å². The van der Waals surface area contributed by atoms with Crippen LogP contribution in [0.1, 0.15) is 19.7 Å². The van der Waals surface area contributed by atoms with Crippen LogP contribution in [0.4, 0.5) is 13.2 Å². The molecule has 0 aliphatic carbocycles. The van der Waals surface area contributed by atoms with Crippen molar-refractivity contribution >= 4 is 11.0 Å². The first-order valence-corrected chi connectivity index (χ1v) is 5.50. The summed E-state index contributed by atoms with van der Waals surface area (Å²) in [7, 11) is 0. The summed E-state index contributed by atoms with van der Waals surface area (Å²) in [5.74, 6) is 0.237. The van der Waals surface area contributed by atoms with Gasteiger partial charge in [-0.05, 0) is 26.0 Å². The smallest absolute Gasteiger partial charge is 0.319 e. The van der Waals surface area contributed by atoms with Crippen LogP contribution in [-0.4, -0.2) is 15.7 Å². The maximum atomic E-state index is 12.6. The van der Waals surface area contributed by atoms with Gasteiger partial charge >= 0.3 is 6.18 Å². The van der Waals surface area contributed by atoms with Gasteiger partial charge < -0.3 is 10.3 Å². The summed E-state index contributed by atoms with van der Waals surface area (Å²) in [6, 6.07) is 6.71. The first kappa shape index (κ1) is 12.9. The van der Waals surface area contributed by atoms with Crippen molar-refractivity contribution in [3.8, 4) is 0 Å². The molecule has 0 radical (unpaired) electrons. The molecule has 1 heterocycles. The Balaban J connectivity index is 2.66. The van der Waals surface area contributed by atoms with E-state index < -0.39 is 18.3 Å². The molecule has 0 atom stereocenters. The van der Waals surface area contributed by atoms with Gasteiger partial charge in [-0.3, -0.25) is 0 Å². The highest BCUT2D eigenvalue weighted by Gasteiger charge is 2.33. The van der Waals surface area contributed by atoms with Gasteiger partial charge in [-0.2, -0.15) is 13.2 Å². The van der Waals surface area contributed by atoms with E-state index in [9.17, 15) is 13.2 Å². The average molecular weight is 257 g/mol. The van der Waals surface area contributed by atoms with Crippen molar-refractivity contribution in [3.05, 3.63) is 30.1 Å². The van der Waals surface area contributed by atoms with E-state index in [0.717, 1.165) is 4.57 Å². The molecular formula is C12H14F3N3. The minimum atomic E-state index is -4.30. The molecule has 0 aliphatic rings. The normalized spacial score (nSPS) is 13.2. The van der Waals surface area contributed by atoms with Crippen LogP contribution in [0.15, 0.2) is 24.3 Å². The molecule has 18 heavy (non-hydrogen) atoms. The summed E-state index contributed by atoms with van der Waals surface area (Å²) in [4.78, 5) is 4.21. The van der Waals surface area contributed by atoms with E-state index in [1.165, 1.54) is 0 Å². The molecule has 2 rings (SSSR count). The Morgan fingerprint density at radius 1 is 1.22 bits per heavy atom. The van der Waals surface area contributed by atoms with Crippen molar-refractivity contribution in [1.29, 1.82) is 0 Å². The van der Waals surface area contributed by atoms with Crippen molar-refractivity contribution in [2.24, 2.45) is 5.73 Å². The Labute approximate surface area is 102 Å². The lowest BCUT2D eigenvalue weighted by Gasteiger charge is -2.21. The molecule has 0 unspecified atom stereocenters. The Bertz CT molecular complexity index is 564. The fourth-order valence-corrected chi connectivity index (χ4v) is 1.91. The Kier molecular flexibility index (Phi) is 2.85. The lowest BCUT2D eigenvalue weighted by atomic mass is 10.1. The highest BCUT2D eigenvalue weighted by Crippen LogP contribution is 2.27. The monoisotopic (exact) mass is 257 g/mol. The van der Waals surface area contributed by atoms with Crippen LogP contribution in [0.3, 0.4) is 0 Å². The highest BCUT2D eigenvalue weighted by atomic mass is 19.4. The summed E-state index contributed by atoms with van der Waals surface area (Å²) in [6.07, 6.45) is -4.30. The number of hydrogen-bond donors (Lipinski definition) is 1. The third kappa shape index (κ3) is 2.48. The predicted octanol–water partition coefficient (Wildman–Crippen LogP) is 2.79. The van der Waals surface area contributed by atoms with E-state index in [1.807, 2.05) is 0 Å². The molecule has 0 saturated carbocycles. The van der Waals surface area contributed by atoms with E-state index in [4.69, 9.17) is 5.73 Å². The standard InChI is InChI=1S/C12H14F3N3/c1-11(2,16)10-17-8-5-3-4-6-9(8)18(10)7-12(13,14)15/h3-6H,7,16H2,1-2H3. The molecule has 0 saturated heterocycles. The number of aromatic nitrogens is 2. The van der Waals surface area contributed by atoms with Gasteiger partial charge in [0.05, 0.1) is 16.6 Å². The number of benzene rings is 1. The number of nitrogens with zero attached hydrogens (tertiary/aromatic N) is 2. The second kappa shape index (κ2) is 3.98. The molecule has 0 bridgehead atoms. The molecule has 1 aromatic heterocycles. The molecule has 0 fully saturated rings. The molecule has 0 aliphatic heterocycles. The van der Waals surface area contributed by atoms with E-state index in [2.05, 4.69) is 4.98 Å². The number of fused-ring (bicyclic) bond motifs is 1. The largest absolute Gasteiger partial charge is 0.406 e. The van der Waals surface area contributed by atoms with Crippen molar-refractivity contribution < 1.29 is 13.2 Å². The van der Waals surface area contributed by atoms with Crippen molar-refractivity contribution in [2.45, 2.75) is 32.1 Å². The van der Waals surface area contributed by atoms with Crippen LogP contribution in [0, 0.1) is 0 Å². The van der Waals surface area contributed by atoms with Crippen LogP contribution < -0.4 is 5.73 Å². The van der Waals surface area contributed by atoms with Crippen LogP contribution in [0.2, 0.25) is 0 Å². The van der Waals surface area contributed by atoms with Crippen LogP contribution in [0.25, 0.3) is 11.0 Å². The van der Waals surface area contributed by atoms with E-state index in [-0.39, 0.29) is 5.82 Å². The maximum Gasteiger partial charge on any atom is 0.406 e.